The van der Waals surface area contributed by atoms with Gasteiger partial charge in [0.15, 0.2) is 17.1 Å². The van der Waals surface area contributed by atoms with E-state index in [9.17, 15) is 14.4 Å². The predicted molar refractivity (Wildman–Crippen MR) is 147 cm³/mol. The van der Waals surface area contributed by atoms with Gasteiger partial charge < -0.3 is 13.9 Å². The Morgan fingerprint density at radius 1 is 0.914 bits per heavy atom. The first-order valence-corrected chi connectivity index (χ1v) is 13.1. The summed E-state index contributed by atoms with van der Waals surface area (Å²) in [6.45, 7) is 6.47. The minimum atomic E-state index is -0.612. The summed E-state index contributed by atoms with van der Waals surface area (Å²) >= 11 is 13.7. The van der Waals surface area contributed by atoms with Crippen LogP contribution in [0.25, 0.3) is 33.4 Å². The Balaban J connectivity index is 2.19. The largest absolute Gasteiger partial charge is 0.453 e. The van der Waals surface area contributed by atoms with Crippen molar-refractivity contribution in [3.63, 3.8) is 0 Å². The Morgan fingerprint density at radius 3 is 2.26 bits per heavy atom. The second-order valence-corrected chi connectivity index (χ2v) is 10.8. The van der Waals surface area contributed by atoms with Crippen LogP contribution in [-0.2, 0) is 9.59 Å². The number of rotatable bonds is 4. The molecule has 178 valence electrons. The van der Waals surface area contributed by atoms with Crippen molar-refractivity contribution in [1.29, 1.82) is 0 Å². The number of para-hydroxylation sites is 1. The van der Waals surface area contributed by atoms with E-state index in [0.717, 1.165) is 0 Å². The van der Waals surface area contributed by atoms with Gasteiger partial charge in [-0.3, -0.25) is 9.59 Å². The van der Waals surface area contributed by atoms with Gasteiger partial charge in [0.25, 0.3) is 0 Å². The summed E-state index contributed by atoms with van der Waals surface area (Å²) in [7, 11) is 0. The second-order valence-electron chi connectivity index (χ2n) is 7.49. The first-order valence-electron chi connectivity index (χ1n) is 9.93. The van der Waals surface area contributed by atoms with E-state index < -0.39 is 11.9 Å². The lowest BCUT2D eigenvalue weighted by molar-refractivity contribution is -0.132. The summed E-state index contributed by atoms with van der Waals surface area (Å²) in [5, 5.41) is 0.600. The molecule has 1 heterocycles. The van der Waals surface area contributed by atoms with Gasteiger partial charge in [0.2, 0.25) is 5.43 Å². The molecule has 0 radical (unpaired) electrons. The molecule has 1 aliphatic carbocycles. The van der Waals surface area contributed by atoms with Crippen LogP contribution in [0.3, 0.4) is 0 Å². The maximum atomic E-state index is 12.7. The highest BCUT2D eigenvalue weighted by atomic mass is 79.9. The van der Waals surface area contributed by atoms with Crippen molar-refractivity contribution < 1.29 is 23.5 Å². The van der Waals surface area contributed by atoms with Crippen molar-refractivity contribution in [3.05, 3.63) is 76.7 Å². The predicted octanol–water partition coefficient (Wildman–Crippen LogP) is 8.02. The van der Waals surface area contributed by atoms with E-state index in [1.54, 1.807) is 30.3 Å². The molecule has 1 aliphatic heterocycles. The fraction of sp³-hybridized carbons (Fsp3) is 0.0800. The summed E-state index contributed by atoms with van der Waals surface area (Å²) in [5.74, 6) is -0.314. The highest BCUT2D eigenvalue weighted by Crippen LogP contribution is 2.50. The fourth-order valence-electron chi connectivity index (χ4n) is 3.47. The molecule has 2 aliphatic rings. The molecule has 0 bridgehead atoms. The highest BCUT2D eigenvalue weighted by molar-refractivity contribution is 9.11. The molecule has 0 spiro atoms. The number of hydrogen-bond acceptors (Lipinski definition) is 6. The molecule has 2 aromatic rings. The molecule has 35 heavy (non-hydrogen) atoms. The molecular weight excluding hydrogens is 716 g/mol. The Labute approximate surface area is 233 Å². The van der Waals surface area contributed by atoms with Crippen LogP contribution in [-0.4, -0.2) is 11.9 Å². The van der Waals surface area contributed by atoms with E-state index in [-0.39, 0.29) is 27.0 Å². The molecule has 0 N–H and O–H groups in total. The zero-order chi connectivity index (χ0) is 25.6. The third-order valence-electron chi connectivity index (χ3n) is 4.96. The normalized spacial score (nSPS) is 11.0. The van der Waals surface area contributed by atoms with Crippen molar-refractivity contribution in [2.24, 2.45) is 0 Å². The van der Waals surface area contributed by atoms with Crippen LogP contribution in [0.5, 0.6) is 11.5 Å². The van der Waals surface area contributed by atoms with Crippen LogP contribution < -0.4 is 14.9 Å². The van der Waals surface area contributed by atoms with Crippen molar-refractivity contribution in [2.75, 3.05) is 0 Å². The molecule has 0 fully saturated rings. The van der Waals surface area contributed by atoms with Crippen LogP contribution in [0.1, 0.15) is 13.8 Å². The average Bonchev–Trinajstić information content (AvgIpc) is 2.79. The SMILES string of the molecule is C=C(C)C(=O)Oc1c(Br)cc2c(-c3ccccc3OC(C)=O)c3cc(Br)c(=O)c(Br)c-3oc2c1Br. The van der Waals surface area contributed by atoms with Gasteiger partial charge in [0.05, 0.1) is 8.95 Å². The number of benzene rings is 3. The van der Waals surface area contributed by atoms with Crippen LogP contribution >= 0.6 is 63.7 Å². The maximum absolute atomic E-state index is 12.7. The third kappa shape index (κ3) is 4.76. The lowest BCUT2D eigenvalue weighted by atomic mass is 9.93. The van der Waals surface area contributed by atoms with E-state index in [1.165, 1.54) is 13.8 Å². The number of ether oxygens (including phenoxy) is 2. The summed E-state index contributed by atoms with van der Waals surface area (Å²) in [6, 6.07) is 10.4. The van der Waals surface area contributed by atoms with Crippen LogP contribution in [0, 0.1) is 0 Å². The molecular formula is C25H14Br4O6. The van der Waals surface area contributed by atoms with Gasteiger partial charge in [-0.15, -0.1) is 0 Å². The maximum Gasteiger partial charge on any atom is 0.338 e. The van der Waals surface area contributed by atoms with Gasteiger partial charge in [-0.1, -0.05) is 24.8 Å². The van der Waals surface area contributed by atoms with Crippen LogP contribution in [0.15, 0.2) is 75.7 Å². The molecule has 0 saturated carbocycles. The Bertz CT molecular complexity index is 1590. The van der Waals surface area contributed by atoms with Gasteiger partial charge >= 0.3 is 11.9 Å². The van der Waals surface area contributed by atoms with Gasteiger partial charge in [0, 0.05) is 34.6 Å². The minimum Gasteiger partial charge on any atom is -0.453 e. The van der Waals surface area contributed by atoms with Gasteiger partial charge in [-0.25, -0.2) is 4.79 Å². The zero-order valence-corrected chi connectivity index (χ0v) is 24.5. The quantitative estimate of drug-likeness (QED) is 0.0917. The van der Waals surface area contributed by atoms with Gasteiger partial charge in [0.1, 0.15) is 14.7 Å². The molecule has 0 saturated heterocycles. The topological polar surface area (TPSA) is 82.8 Å². The van der Waals surface area contributed by atoms with E-state index in [0.29, 0.717) is 46.8 Å². The molecule has 0 unspecified atom stereocenters. The summed E-state index contributed by atoms with van der Waals surface area (Å²) in [5.41, 5.74) is 2.04. The summed E-state index contributed by atoms with van der Waals surface area (Å²) < 4.78 is 18.5. The Morgan fingerprint density at radius 2 is 1.60 bits per heavy atom. The molecule has 4 rings (SSSR count). The van der Waals surface area contributed by atoms with Crippen LogP contribution in [0.2, 0.25) is 0 Å². The van der Waals surface area contributed by atoms with Crippen molar-refractivity contribution in [1.82, 2.24) is 0 Å². The molecule has 0 aromatic heterocycles. The summed E-state index contributed by atoms with van der Waals surface area (Å²) in [4.78, 5) is 36.7. The van der Waals surface area contributed by atoms with Gasteiger partial charge in [-0.2, -0.15) is 0 Å². The van der Waals surface area contributed by atoms with E-state index >= 15 is 0 Å². The zero-order valence-electron chi connectivity index (χ0n) is 18.1. The number of carbonyl (C=O) groups excluding carboxylic acids is 2. The average molecular weight is 730 g/mol. The number of halogens is 4. The first kappa shape index (κ1) is 25.8. The summed E-state index contributed by atoms with van der Waals surface area (Å²) in [6.07, 6.45) is 0. The lowest BCUT2D eigenvalue weighted by Gasteiger charge is -2.20. The second kappa shape index (κ2) is 10.0. The highest BCUT2D eigenvalue weighted by Gasteiger charge is 2.28. The number of hydrogen-bond donors (Lipinski definition) is 0. The molecule has 0 atom stereocenters. The minimum absolute atomic E-state index is 0.184. The Kier molecular flexibility index (Phi) is 7.38. The molecule has 10 heteroatoms. The van der Waals surface area contributed by atoms with E-state index in [1.807, 2.05) is 6.07 Å². The van der Waals surface area contributed by atoms with Crippen molar-refractivity contribution in [2.45, 2.75) is 13.8 Å². The smallest absolute Gasteiger partial charge is 0.338 e. The number of esters is 2. The standard InChI is InChI=1S/C25H14Br4O6/c1-10(2)25(32)35-24-16(27)9-14-18(12-6-4-5-7-17(12)33-11(3)30)13-8-15(26)21(31)19(28)22(13)34-23(14)20(24)29/h4-9H,1H2,2-3H3. The third-order valence-corrected chi connectivity index (χ3v) is 7.58. The fourth-order valence-corrected chi connectivity index (χ4v) is 6.03. The van der Waals surface area contributed by atoms with Crippen molar-refractivity contribution in [3.8, 4) is 33.9 Å². The van der Waals surface area contributed by atoms with Crippen LogP contribution in [0.4, 0.5) is 0 Å². The van der Waals surface area contributed by atoms with E-state index in [2.05, 4.69) is 70.3 Å². The Hall–Kier alpha value is -2.27. The lowest BCUT2D eigenvalue weighted by Crippen LogP contribution is -2.10. The van der Waals surface area contributed by atoms with E-state index in [4.69, 9.17) is 13.9 Å². The monoisotopic (exact) mass is 726 g/mol. The first-order chi connectivity index (χ1) is 16.5. The van der Waals surface area contributed by atoms with Gasteiger partial charge in [-0.05, 0) is 88.8 Å². The number of carbonyl (C=O) groups is 2. The molecule has 6 nitrogen and oxygen atoms in total. The number of fused-ring (bicyclic) bond motifs is 2. The molecule has 0 amide bonds. The molecule has 2 aromatic carbocycles. The van der Waals surface area contributed by atoms with Crippen molar-refractivity contribution >= 4 is 86.6 Å².